The second-order valence-electron chi connectivity index (χ2n) is 8.64. The fourth-order valence-corrected chi connectivity index (χ4v) is 5.03. The van der Waals surface area contributed by atoms with Gasteiger partial charge >= 0.3 is 5.97 Å². The van der Waals surface area contributed by atoms with Gasteiger partial charge in [0.25, 0.3) is 0 Å². The first-order chi connectivity index (χ1) is 18.5. The summed E-state index contributed by atoms with van der Waals surface area (Å²) in [5, 5.41) is 9.25. The van der Waals surface area contributed by atoms with Gasteiger partial charge < -0.3 is 14.8 Å². The van der Waals surface area contributed by atoms with E-state index in [1.165, 1.54) is 11.8 Å². The summed E-state index contributed by atoms with van der Waals surface area (Å²) < 4.78 is 13.8. The number of nitrogens with zero attached hydrogens (tertiary/aromatic N) is 3. The van der Waals surface area contributed by atoms with Gasteiger partial charge in [-0.2, -0.15) is 4.98 Å². The topological polar surface area (TPSA) is 78.3 Å². The highest BCUT2D eigenvalue weighted by atomic mass is 35.5. The maximum absolute atomic E-state index is 13.6. The van der Waals surface area contributed by atoms with Gasteiger partial charge in [0.2, 0.25) is 11.1 Å². The molecule has 38 heavy (non-hydrogen) atoms. The molecular weight excluding hydrogens is 520 g/mol. The second-order valence-corrected chi connectivity index (χ2v) is 10.3. The van der Waals surface area contributed by atoms with Crippen LogP contribution in [0, 0.1) is 0 Å². The molecule has 7 nitrogen and oxygen atoms in total. The van der Waals surface area contributed by atoms with E-state index in [0.717, 1.165) is 22.4 Å². The molecule has 0 saturated carbocycles. The molecule has 4 aromatic rings. The van der Waals surface area contributed by atoms with Crippen LogP contribution in [0.3, 0.4) is 0 Å². The number of esters is 1. The minimum Gasteiger partial charge on any atom is -0.488 e. The van der Waals surface area contributed by atoms with E-state index in [9.17, 15) is 4.79 Å². The first-order valence-electron chi connectivity index (χ1n) is 12.3. The quantitative estimate of drug-likeness (QED) is 0.186. The van der Waals surface area contributed by atoms with Gasteiger partial charge in [0.15, 0.2) is 0 Å². The molecule has 0 radical (unpaired) electrons. The summed E-state index contributed by atoms with van der Waals surface area (Å²) in [6.45, 7) is 4.34. The largest absolute Gasteiger partial charge is 0.488 e. The normalized spacial score (nSPS) is 14.6. The third-order valence-electron chi connectivity index (χ3n) is 6.09. The van der Waals surface area contributed by atoms with Gasteiger partial charge in [-0.15, -0.1) is 5.10 Å². The molecule has 9 heteroatoms. The molecule has 5 rings (SSSR count). The number of ether oxygens (including phenoxy) is 2. The summed E-state index contributed by atoms with van der Waals surface area (Å²) in [6.07, 6.45) is 0. The van der Waals surface area contributed by atoms with Crippen molar-refractivity contribution in [3.63, 3.8) is 0 Å². The average molecular weight is 547 g/mol. The Morgan fingerprint density at radius 2 is 1.76 bits per heavy atom. The second kappa shape index (κ2) is 11.8. The van der Waals surface area contributed by atoms with Gasteiger partial charge in [-0.05, 0) is 30.4 Å². The van der Waals surface area contributed by atoms with Gasteiger partial charge in [-0.1, -0.05) is 97.0 Å². The van der Waals surface area contributed by atoms with E-state index in [0.29, 0.717) is 33.1 Å². The van der Waals surface area contributed by atoms with Gasteiger partial charge in [0.1, 0.15) is 25.0 Å². The molecule has 194 valence electrons. The number of carbonyl (C=O) groups excluding carboxylic acids is 1. The molecule has 0 amide bonds. The predicted octanol–water partition coefficient (Wildman–Crippen LogP) is 6.65. The number of carbonyl (C=O) groups is 1. The Balaban J connectivity index is 1.52. The minimum absolute atomic E-state index is 0.162. The summed E-state index contributed by atoms with van der Waals surface area (Å²) >= 11 is 7.90. The number of benzene rings is 3. The van der Waals surface area contributed by atoms with E-state index in [1.54, 1.807) is 4.68 Å². The Morgan fingerprint density at radius 3 is 2.55 bits per heavy atom. The van der Waals surface area contributed by atoms with Crippen molar-refractivity contribution in [2.75, 3.05) is 11.1 Å². The van der Waals surface area contributed by atoms with Crippen molar-refractivity contribution in [2.24, 2.45) is 0 Å². The zero-order valence-electron chi connectivity index (χ0n) is 21.1. The summed E-state index contributed by atoms with van der Waals surface area (Å²) in [7, 11) is 0. The van der Waals surface area contributed by atoms with Crippen LogP contribution in [-0.2, 0) is 22.7 Å². The SMILES string of the molecule is CCSc1nc2n(n1)C(c1ccccc1OCc1ccccc1Cl)C(C(=O)OCc1ccccc1)=C(C)N2. The van der Waals surface area contributed by atoms with Crippen LogP contribution in [0.5, 0.6) is 5.75 Å². The smallest absolute Gasteiger partial charge is 0.338 e. The number of allylic oxidation sites excluding steroid dienone is 1. The van der Waals surface area contributed by atoms with Crippen LogP contribution in [0.4, 0.5) is 5.95 Å². The van der Waals surface area contributed by atoms with Gasteiger partial charge in [0.05, 0.1) is 5.57 Å². The molecule has 0 saturated heterocycles. The summed E-state index contributed by atoms with van der Waals surface area (Å²) in [5.41, 5.74) is 3.64. The van der Waals surface area contributed by atoms with Crippen molar-refractivity contribution in [3.8, 4) is 5.75 Å². The highest BCUT2D eigenvalue weighted by Crippen LogP contribution is 2.40. The fourth-order valence-electron chi connectivity index (χ4n) is 4.28. The van der Waals surface area contributed by atoms with Crippen LogP contribution in [0.25, 0.3) is 0 Å². The van der Waals surface area contributed by atoms with Gasteiger partial charge in [-0.3, -0.25) is 0 Å². The van der Waals surface area contributed by atoms with E-state index >= 15 is 0 Å². The number of aromatic nitrogens is 3. The molecule has 1 aliphatic heterocycles. The Kier molecular flexibility index (Phi) is 8.00. The van der Waals surface area contributed by atoms with Gasteiger partial charge in [-0.25, -0.2) is 9.48 Å². The fraction of sp³-hybridized carbons (Fsp3) is 0.207. The highest BCUT2D eigenvalue weighted by Gasteiger charge is 2.37. The molecule has 0 fully saturated rings. The van der Waals surface area contributed by atoms with Crippen LogP contribution in [0.2, 0.25) is 5.02 Å². The van der Waals surface area contributed by atoms with Crippen LogP contribution >= 0.6 is 23.4 Å². The molecule has 1 unspecified atom stereocenters. The molecule has 0 aliphatic carbocycles. The zero-order valence-corrected chi connectivity index (χ0v) is 22.6. The number of fused-ring (bicyclic) bond motifs is 1. The van der Waals surface area contributed by atoms with Crippen LogP contribution in [-0.4, -0.2) is 26.5 Å². The Labute approximate surface area is 230 Å². The lowest BCUT2D eigenvalue weighted by Crippen LogP contribution is -2.30. The number of nitrogens with one attached hydrogen (secondary N) is 1. The number of rotatable bonds is 9. The summed E-state index contributed by atoms with van der Waals surface area (Å²) in [4.78, 5) is 18.2. The Bertz CT molecular complexity index is 1470. The first-order valence-corrected chi connectivity index (χ1v) is 13.6. The third-order valence-corrected chi connectivity index (χ3v) is 7.18. The van der Waals surface area contributed by atoms with Crippen molar-refractivity contribution >= 4 is 35.3 Å². The zero-order chi connectivity index (χ0) is 26.5. The molecule has 1 atom stereocenters. The molecule has 1 N–H and O–H groups in total. The lowest BCUT2D eigenvalue weighted by atomic mass is 9.95. The lowest BCUT2D eigenvalue weighted by molar-refractivity contribution is -0.140. The summed E-state index contributed by atoms with van der Waals surface area (Å²) in [5.74, 6) is 1.57. The molecular formula is C29H27ClN4O3S. The lowest BCUT2D eigenvalue weighted by Gasteiger charge is -2.29. The predicted molar refractivity (Wildman–Crippen MR) is 149 cm³/mol. The maximum Gasteiger partial charge on any atom is 0.338 e. The van der Waals surface area contributed by atoms with E-state index in [2.05, 4.69) is 10.3 Å². The molecule has 0 bridgehead atoms. The number of para-hydroxylation sites is 1. The van der Waals surface area contributed by atoms with E-state index in [4.69, 9.17) is 26.2 Å². The van der Waals surface area contributed by atoms with Crippen molar-refractivity contribution < 1.29 is 14.3 Å². The number of hydrogen-bond acceptors (Lipinski definition) is 7. The van der Waals surface area contributed by atoms with Crippen molar-refractivity contribution in [1.82, 2.24) is 14.8 Å². The molecule has 1 aromatic heterocycles. The number of thioether (sulfide) groups is 1. The van der Waals surface area contributed by atoms with Crippen molar-refractivity contribution in [2.45, 2.75) is 38.3 Å². The third kappa shape index (κ3) is 5.56. The van der Waals surface area contributed by atoms with Gasteiger partial charge in [0, 0.05) is 21.8 Å². The first kappa shape index (κ1) is 25.9. The molecule has 2 heterocycles. The van der Waals surface area contributed by atoms with E-state index in [-0.39, 0.29) is 13.2 Å². The minimum atomic E-state index is -0.601. The standard InChI is InChI=1S/C29H27ClN4O3S/c1-3-38-29-32-28-31-19(2)25(27(35)37-17-20-11-5-4-6-12-20)26(34(28)33-29)22-14-8-10-16-24(22)36-18-21-13-7-9-15-23(21)30/h4-16,26H,3,17-18H2,1-2H3,(H,31,32,33). The number of anilines is 1. The van der Waals surface area contributed by atoms with E-state index < -0.39 is 12.0 Å². The molecule has 0 spiro atoms. The Morgan fingerprint density at radius 1 is 1.03 bits per heavy atom. The number of hydrogen-bond donors (Lipinski definition) is 1. The average Bonchev–Trinajstić information content (AvgIpc) is 3.33. The van der Waals surface area contributed by atoms with Crippen LogP contribution in [0.1, 0.15) is 36.6 Å². The molecule has 1 aliphatic rings. The summed E-state index contributed by atoms with van der Waals surface area (Å²) in [6, 6.07) is 24.2. The van der Waals surface area contributed by atoms with Crippen molar-refractivity contribution in [3.05, 3.63) is 112 Å². The maximum atomic E-state index is 13.6. The highest BCUT2D eigenvalue weighted by molar-refractivity contribution is 7.99. The van der Waals surface area contributed by atoms with Crippen LogP contribution in [0.15, 0.2) is 95.3 Å². The monoisotopic (exact) mass is 546 g/mol. The molecule has 3 aromatic carbocycles. The number of halogens is 1. The van der Waals surface area contributed by atoms with Crippen LogP contribution < -0.4 is 10.1 Å². The Hall–Kier alpha value is -3.75. The van der Waals surface area contributed by atoms with Crippen molar-refractivity contribution in [1.29, 1.82) is 0 Å². The van der Waals surface area contributed by atoms with E-state index in [1.807, 2.05) is 92.7 Å².